The van der Waals surface area contributed by atoms with E-state index in [1.54, 1.807) is 0 Å². The van der Waals surface area contributed by atoms with Gasteiger partial charge >= 0.3 is 0 Å². The molecular weight excluding hydrogens is 306 g/mol. The second kappa shape index (κ2) is 6.50. The fraction of sp³-hybridized carbons (Fsp3) is 0.500. The van der Waals surface area contributed by atoms with Gasteiger partial charge in [-0.3, -0.25) is 9.69 Å². The van der Waals surface area contributed by atoms with E-state index in [4.69, 9.17) is 0 Å². The first-order valence-corrected chi connectivity index (χ1v) is 7.31. The van der Waals surface area contributed by atoms with Crippen molar-refractivity contribution in [2.45, 2.75) is 6.04 Å². The van der Waals surface area contributed by atoms with E-state index in [1.807, 2.05) is 36.2 Å². The van der Waals surface area contributed by atoms with E-state index < -0.39 is 0 Å². The Kier molecular flexibility index (Phi) is 4.96. The van der Waals surface area contributed by atoms with Gasteiger partial charge in [-0.1, -0.05) is 15.9 Å². The molecule has 1 N–H and O–H groups in total. The molecule has 0 aliphatic carbocycles. The molecule has 0 spiro atoms. The highest BCUT2D eigenvalue weighted by Gasteiger charge is 2.27. The molecule has 1 aliphatic rings. The lowest BCUT2D eigenvalue weighted by molar-refractivity contribution is 0.0550. The zero-order valence-electron chi connectivity index (χ0n) is 11.4. The van der Waals surface area contributed by atoms with Crippen LogP contribution in [0.2, 0.25) is 0 Å². The highest BCUT2D eigenvalue weighted by Crippen LogP contribution is 2.15. The van der Waals surface area contributed by atoms with Crippen molar-refractivity contribution < 1.29 is 4.79 Å². The molecule has 1 saturated heterocycles. The van der Waals surface area contributed by atoms with Gasteiger partial charge in [-0.25, -0.2) is 0 Å². The molecule has 4 nitrogen and oxygen atoms in total. The van der Waals surface area contributed by atoms with Crippen LogP contribution in [-0.4, -0.2) is 62.0 Å². The first kappa shape index (κ1) is 14.5. The maximum absolute atomic E-state index is 12.4. The lowest BCUT2D eigenvalue weighted by Gasteiger charge is -2.39. The molecule has 1 aliphatic heterocycles. The van der Waals surface area contributed by atoms with Crippen molar-refractivity contribution in [3.8, 4) is 0 Å². The first-order chi connectivity index (χ1) is 9.11. The Hall–Kier alpha value is -0.910. The SMILES string of the molecule is CNCC1CN(C(=O)c2ccc(Br)cc2)CCN1C. The summed E-state index contributed by atoms with van der Waals surface area (Å²) >= 11 is 3.39. The molecule has 2 rings (SSSR count). The Balaban J connectivity index is 2.05. The number of halogens is 1. The Labute approximate surface area is 122 Å². The molecule has 1 atom stereocenters. The fourth-order valence-electron chi connectivity index (χ4n) is 2.36. The zero-order chi connectivity index (χ0) is 13.8. The molecular formula is C14H20BrN3O. The smallest absolute Gasteiger partial charge is 0.253 e. The molecule has 1 aromatic rings. The highest BCUT2D eigenvalue weighted by atomic mass is 79.9. The van der Waals surface area contributed by atoms with Crippen molar-refractivity contribution in [3.05, 3.63) is 34.3 Å². The fourth-order valence-corrected chi connectivity index (χ4v) is 2.63. The number of nitrogens with one attached hydrogen (secondary N) is 1. The van der Waals surface area contributed by atoms with Gasteiger partial charge in [-0.2, -0.15) is 0 Å². The van der Waals surface area contributed by atoms with E-state index in [0.29, 0.717) is 6.04 Å². The van der Waals surface area contributed by atoms with Crippen LogP contribution in [0.25, 0.3) is 0 Å². The van der Waals surface area contributed by atoms with Crippen molar-refractivity contribution in [3.63, 3.8) is 0 Å². The van der Waals surface area contributed by atoms with Gasteiger partial charge in [-0.15, -0.1) is 0 Å². The first-order valence-electron chi connectivity index (χ1n) is 6.51. The predicted molar refractivity (Wildman–Crippen MR) is 80.4 cm³/mol. The summed E-state index contributed by atoms with van der Waals surface area (Å²) in [6.07, 6.45) is 0. The van der Waals surface area contributed by atoms with E-state index in [9.17, 15) is 4.79 Å². The Morgan fingerprint density at radius 3 is 2.68 bits per heavy atom. The predicted octanol–water partition coefficient (Wildman–Crippen LogP) is 1.42. The van der Waals surface area contributed by atoms with Gasteiger partial charge in [0.05, 0.1) is 0 Å². The summed E-state index contributed by atoms with van der Waals surface area (Å²) in [5.41, 5.74) is 0.760. The minimum atomic E-state index is 0.127. The molecule has 5 heteroatoms. The molecule has 1 fully saturated rings. The van der Waals surface area contributed by atoms with Crippen LogP contribution < -0.4 is 5.32 Å². The summed E-state index contributed by atoms with van der Waals surface area (Å²) in [4.78, 5) is 16.7. The second-order valence-electron chi connectivity index (χ2n) is 4.95. The number of piperazine rings is 1. The van der Waals surface area contributed by atoms with Crippen LogP contribution >= 0.6 is 15.9 Å². The molecule has 0 saturated carbocycles. The maximum Gasteiger partial charge on any atom is 0.253 e. The third kappa shape index (κ3) is 3.55. The second-order valence-corrected chi connectivity index (χ2v) is 5.87. The van der Waals surface area contributed by atoms with E-state index in [1.165, 1.54) is 0 Å². The Morgan fingerprint density at radius 2 is 2.05 bits per heavy atom. The molecule has 0 radical (unpaired) electrons. The van der Waals surface area contributed by atoms with Crippen LogP contribution in [0.3, 0.4) is 0 Å². The van der Waals surface area contributed by atoms with Gasteiger partial charge in [-0.05, 0) is 38.4 Å². The lowest BCUT2D eigenvalue weighted by Crippen LogP contribution is -2.56. The number of rotatable bonds is 3. The topological polar surface area (TPSA) is 35.6 Å². The molecule has 0 bridgehead atoms. The molecule has 1 amide bonds. The van der Waals surface area contributed by atoms with Gasteiger partial charge in [0.1, 0.15) is 0 Å². The van der Waals surface area contributed by atoms with Crippen LogP contribution in [0.4, 0.5) is 0 Å². The van der Waals surface area contributed by atoms with Crippen LogP contribution in [0.15, 0.2) is 28.7 Å². The lowest BCUT2D eigenvalue weighted by atomic mass is 10.1. The van der Waals surface area contributed by atoms with Gasteiger partial charge < -0.3 is 10.2 Å². The van der Waals surface area contributed by atoms with Crippen molar-refractivity contribution >= 4 is 21.8 Å². The average molecular weight is 326 g/mol. The van der Waals surface area contributed by atoms with Crippen molar-refractivity contribution in [1.29, 1.82) is 0 Å². The van der Waals surface area contributed by atoms with Crippen LogP contribution in [0, 0.1) is 0 Å². The number of carbonyl (C=O) groups is 1. The van der Waals surface area contributed by atoms with Crippen molar-refractivity contribution in [2.24, 2.45) is 0 Å². The molecule has 104 valence electrons. The number of benzene rings is 1. The van der Waals surface area contributed by atoms with Crippen LogP contribution in [0.5, 0.6) is 0 Å². The minimum Gasteiger partial charge on any atom is -0.336 e. The molecule has 0 aromatic heterocycles. The summed E-state index contributed by atoms with van der Waals surface area (Å²) in [7, 11) is 4.06. The monoisotopic (exact) mass is 325 g/mol. The van der Waals surface area contributed by atoms with E-state index >= 15 is 0 Å². The van der Waals surface area contributed by atoms with E-state index in [0.717, 1.165) is 36.2 Å². The van der Waals surface area contributed by atoms with Crippen molar-refractivity contribution in [1.82, 2.24) is 15.1 Å². The number of hydrogen-bond donors (Lipinski definition) is 1. The van der Waals surface area contributed by atoms with E-state index in [-0.39, 0.29) is 5.91 Å². The standard InChI is InChI=1S/C14H20BrN3O/c1-16-9-13-10-18(8-7-17(13)2)14(19)11-3-5-12(15)6-4-11/h3-6,13,16H,7-10H2,1-2H3. The quantitative estimate of drug-likeness (QED) is 0.913. The summed E-state index contributed by atoms with van der Waals surface area (Å²) in [6, 6.07) is 7.96. The Morgan fingerprint density at radius 1 is 1.37 bits per heavy atom. The van der Waals surface area contributed by atoms with Gasteiger partial charge in [0.15, 0.2) is 0 Å². The summed E-state index contributed by atoms with van der Waals surface area (Å²) < 4.78 is 0.996. The average Bonchev–Trinajstić information content (AvgIpc) is 2.41. The van der Waals surface area contributed by atoms with Gasteiger partial charge in [0.25, 0.3) is 5.91 Å². The van der Waals surface area contributed by atoms with Crippen molar-refractivity contribution in [2.75, 3.05) is 40.3 Å². The summed E-state index contributed by atoms with van der Waals surface area (Å²) in [5, 5.41) is 3.19. The van der Waals surface area contributed by atoms with E-state index in [2.05, 4.69) is 33.2 Å². The maximum atomic E-state index is 12.4. The summed E-state index contributed by atoms with van der Waals surface area (Å²) in [5.74, 6) is 0.127. The highest BCUT2D eigenvalue weighted by molar-refractivity contribution is 9.10. The Bertz CT molecular complexity index is 435. The van der Waals surface area contributed by atoms with Gasteiger partial charge in [0.2, 0.25) is 0 Å². The van der Waals surface area contributed by atoms with Crippen LogP contribution in [0.1, 0.15) is 10.4 Å². The summed E-state index contributed by atoms with van der Waals surface area (Å²) in [6.45, 7) is 3.41. The zero-order valence-corrected chi connectivity index (χ0v) is 13.0. The number of nitrogens with zero attached hydrogens (tertiary/aromatic N) is 2. The molecule has 19 heavy (non-hydrogen) atoms. The third-order valence-electron chi connectivity index (χ3n) is 3.60. The molecule has 1 aromatic carbocycles. The number of amides is 1. The third-order valence-corrected chi connectivity index (χ3v) is 4.12. The van der Waals surface area contributed by atoms with Gasteiger partial charge in [0, 0.05) is 42.3 Å². The molecule has 1 heterocycles. The molecule has 1 unspecified atom stereocenters. The number of hydrogen-bond acceptors (Lipinski definition) is 3. The largest absolute Gasteiger partial charge is 0.336 e. The van der Waals surface area contributed by atoms with Crippen LogP contribution in [-0.2, 0) is 0 Å². The number of carbonyl (C=O) groups excluding carboxylic acids is 1. The minimum absolute atomic E-state index is 0.127. The normalized spacial score (nSPS) is 20.6. The number of likely N-dealkylation sites (N-methyl/N-ethyl adjacent to an activating group) is 2.